The summed E-state index contributed by atoms with van der Waals surface area (Å²) in [4.78, 5) is 17.5. The third kappa shape index (κ3) is 1.47. The minimum atomic E-state index is -3.76. The summed E-state index contributed by atoms with van der Waals surface area (Å²) in [6.07, 6.45) is 6.44. The molecule has 0 aromatic carbocycles. The number of hydrogen-bond donors (Lipinski definition) is 0. The van der Waals surface area contributed by atoms with Gasteiger partial charge in [-0.25, -0.2) is 0 Å². The summed E-state index contributed by atoms with van der Waals surface area (Å²) in [5, 5.41) is 0. The summed E-state index contributed by atoms with van der Waals surface area (Å²) in [5.74, 6) is 0. The van der Waals surface area contributed by atoms with Crippen molar-refractivity contribution in [1.29, 1.82) is 0 Å². The van der Waals surface area contributed by atoms with Gasteiger partial charge in [0.05, 0.1) is 0 Å². The highest BCUT2D eigenvalue weighted by Crippen LogP contribution is 2.75. The molecule has 4 atom stereocenters. The van der Waals surface area contributed by atoms with Crippen LogP contribution in [0, 0.1) is 21.7 Å². The Bertz CT molecular complexity index is 1790. The van der Waals surface area contributed by atoms with Crippen LogP contribution in [0.2, 0.25) is 0 Å². The van der Waals surface area contributed by atoms with Gasteiger partial charge in [-0.2, -0.15) is 0 Å². The molecule has 0 saturated heterocycles. The van der Waals surface area contributed by atoms with Crippen molar-refractivity contribution in [2.24, 2.45) is 41.6 Å². The van der Waals surface area contributed by atoms with Crippen LogP contribution in [0.5, 0.6) is 0 Å². The van der Waals surface area contributed by atoms with Gasteiger partial charge in [0, 0.05) is 77.4 Å². The monoisotopic (exact) mass is 448 g/mol. The van der Waals surface area contributed by atoms with E-state index >= 15 is 0 Å². The molecule has 7 rings (SSSR count). The van der Waals surface area contributed by atoms with Gasteiger partial charge in [0.2, 0.25) is 0 Å². The minimum absolute atomic E-state index is 0.775. The van der Waals surface area contributed by atoms with E-state index < -0.39 is 121 Å². The largest absolute Gasteiger partial charge is 0.274 e. The van der Waals surface area contributed by atoms with Gasteiger partial charge in [-0.1, -0.05) is 51.7 Å². The van der Waals surface area contributed by atoms with E-state index in [9.17, 15) is 0 Å². The Morgan fingerprint density at radius 3 is 0.969 bits per heavy atom. The van der Waals surface area contributed by atoms with Crippen molar-refractivity contribution in [2.75, 3.05) is 0 Å². The fourth-order valence-electron chi connectivity index (χ4n) is 5.79. The molecule has 0 radical (unpaired) electrons. The highest BCUT2D eigenvalue weighted by molar-refractivity contribution is 6.24. The van der Waals surface area contributed by atoms with Gasteiger partial charge in [0.1, 0.15) is 22.2 Å². The molecular formula is C28H32N4. The zero-order valence-electron chi connectivity index (χ0n) is 40.4. The Balaban J connectivity index is 1.76. The quantitative estimate of drug-likeness (QED) is 0.493. The molecule has 7 aliphatic rings. The lowest BCUT2D eigenvalue weighted by Gasteiger charge is -2.25. The van der Waals surface area contributed by atoms with Crippen LogP contribution in [-0.4, -0.2) is 45.0 Å². The lowest BCUT2D eigenvalue weighted by Crippen LogP contribution is -2.32. The Hall–Kier alpha value is -2.36. The molecular weight excluding hydrogens is 392 g/mol. The average molecular weight is 449 g/mol. The van der Waals surface area contributed by atoms with Crippen LogP contribution in [0.3, 0.4) is 0 Å². The van der Waals surface area contributed by atoms with Gasteiger partial charge < -0.3 is 0 Å². The fraction of sp³-hybridized carbons (Fsp3) is 0.571. The zero-order valence-corrected chi connectivity index (χ0v) is 16.4. The fourth-order valence-corrected chi connectivity index (χ4v) is 5.79. The molecule has 2 aliphatic carbocycles. The van der Waals surface area contributed by atoms with Gasteiger partial charge >= 0.3 is 0 Å². The summed E-state index contributed by atoms with van der Waals surface area (Å²) in [6.45, 7) is -29.6. The molecule has 4 spiro atoms. The van der Waals surface area contributed by atoms with Gasteiger partial charge in [-0.3, -0.25) is 20.0 Å². The van der Waals surface area contributed by atoms with Crippen molar-refractivity contribution in [1.82, 2.24) is 0 Å². The maximum Gasteiger partial charge on any atom is 0.116 e. The van der Waals surface area contributed by atoms with Crippen LogP contribution in [0.25, 0.3) is 0 Å². The molecule has 5 aliphatic heterocycles. The smallest absolute Gasteiger partial charge is 0.116 e. The molecule has 2 saturated carbocycles. The van der Waals surface area contributed by atoms with Crippen molar-refractivity contribution in [3.63, 3.8) is 0 Å². The van der Waals surface area contributed by atoms with Gasteiger partial charge in [0.25, 0.3) is 0 Å². The van der Waals surface area contributed by atoms with Gasteiger partial charge in [-0.15, -0.1) is 0 Å². The lowest BCUT2D eigenvalue weighted by atomic mass is 9.82. The standard InChI is InChI=1S/C28H32N4/c1-21(2)17-9-13-25(29-17)23(5,6)27(25)15-11-19(31-27)22(3,4)20-12-16-28(32-20)24(7,8)26(28)14-10-18(21)30-26/h9-16H,1-8H3/i1D3,2D3,3D3,4D3,5D3,6D3,7D3,8D3. The highest BCUT2D eigenvalue weighted by Gasteiger charge is 2.85. The molecule has 8 bridgehead atoms. The average Bonchev–Trinajstić information content (AvgIpc) is 3.40. The second kappa shape index (κ2) is 4.51. The number of allylic oxidation sites excluding steroid dienone is 4. The Kier molecular flexibility index (Phi) is 0.964. The molecule has 0 aromatic heterocycles. The van der Waals surface area contributed by atoms with Gasteiger partial charge in [0.15, 0.2) is 0 Å². The highest BCUT2D eigenvalue weighted by atomic mass is 15.2. The molecule has 2 fully saturated rings. The van der Waals surface area contributed by atoms with Crippen LogP contribution >= 0.6 is 0 Å². The molecule has 5 heterocycles. The predicted molar refractivity (Wildman–Crippen MR) is 132 cm³/mol. The SMILES string of the molecule is [2H]C([2H])([2H])C1(C([2H])([2H])[2H])C2=NC3(C=C2)C2(C=CC(=N2)C(C([2H])([2H])[2H])(C([2H])([2H])[2H])C2=NC4(C=C2)C2(C=CC1=N2)C4(C([2H])([2H])[2H])C([2H])([2H])[2H])C3(C([2H])([2H])[2H])C([2H])([2H])[2H]. The van der Waals surface area contributed by atoms with Crippen LogP contribution in [0.4, 0.5) is 0 Å². The minimum Gasteiger partial charge on any atom is -0.274 e. The summed E-state index contributed by atoms with van der Waals surface area (Å²) >= 11 is 0. The Morgan fingerprint density at radius 2 is 0.750 bits per heavy atom. The predicted octanol–water partition coefficient (Wildman–Crippen LogP) is 5.13. The van der Waals surface area contributed by atoms with Crippen molar-refractivity contribution in [2.45, 2.75) is 77.0 Å². The maximum atomic E-state index is 8.73. The van der Waals surface area contributed by atoms with Crippen molar-refractivity contribution < 1.29 is 32.9 Å². The van der Waals surface area contributed by atoms with Crippen molar-refractivity contribution in [3.05, 3.63) is 48.6 Å². The first-order valence-corrected chi connectivity index (χ1v) is 9.93. The second-order valence-corrected chi connectivity index (χ2v) is 9.39. The molecule has 0 aromatic rings. The molecule has 164 valence electrons. The van der Waals surface area contributed by atoms with E-state index in [1.54, 1.807) is 0 Å². The number of nitrogens with zero attached hydrogens (tertiary/aromatic N) is 4. The van der Waals surface area contributed by atoms with Crippen molar-refractivity contribution >= 4 is 22.8 Å². The van der Waals surface area contributed by atoms with Crippen LogP contribution in [-0.2, 0) is 0 Å². The normalized spacial score (nSPS) is 61.5. The molecule has 4 nitrogen and oxygen atoms in total. The Morgan fingerprint density at radius 1 is 0.469 bits per heavy atom. The maximum absolute atomic E-state index is 8.73. The summed E-state index contributed by atoms with van der Waals surface area (Å²) in [7, 11) is 0. The summed E-state index contributed by atoms with van der Waals surface area (Å²) in [6, 6.07) is 0. The van der Waals surface area contributed by atoms with E-state index in [2.05, 4.69) is 20.0 Å². The molecule has 0 amide bonds. The first-order valence-electron chi connectivity index (χ1n) is 21.9. The van der Waals surface area contributed by atoms with Crippen LogP contribution < -0.4 is 0 Å². The summed E-state index contributed by atoms with van der Waals surface area (Å²) < 4.78 is 209. The van der Waals surface area contributed by atoms with E-state index in [1.807, 2.05) is 0 Å². The van der Waals surface area contributed by atoms with Crippen LogP contribution in [0.15, 0.2) is 68.6 Å². The van der Waals surface area contributed by atoms with E-state index in [-0.39, 0.29) is 0 Å². The Labute approximate surface area is 224 Å². The number of aliphatic imine (C=N–C) groups is 4. The zero-order chi connectivity index (χ0) is 42.8. The first-order chi connectivity index (χ1) is 24.7. The molecule has 4 heteroatoms. The van der Waals surface area contributed by atoms with E-state index in [4.69, 9.17) is 32.9 Å². The first kappa shape index (κ1) is 6.84. The third-order valence-electron chi connectivity index (χ3n) is 7.98. The summed E-state index contributed by atoms with van der Waals surface area (Å²) in [5.41, 5.74) is -28.2. The van der Waals surface area contributed by atoms with Gasteiger partial charge in [-0.05, 0) is 51.7 Å². The lowest BCUT2D eigenvalue weighted by molar-refractivity contribution is 0.534. The van der Waals surface area contributed by atoms with E-state index in [0.29, 0.717) is 0 Å². The number of rotatable bonds is 0. The van der Waals surface area contributed by atoms with Crippen LogP contribution in [0.1, 0.15) is 87.7 Å². The topological polar surface area (TPSA) is 49.4 Å². The molecule has 0 N–H and O–H groups in total. The van der Waals surface area contributed by atoms with Crippen molar-refractivity contribution in [3.8, 4) is 0 Å². The molecule has 4 unspecified atom stereocenters. The second-order valence-electron chi connectivity index (χ2n) is 9.39. The van der Waals surface area contributed by atoms with E-state index in [1.165, 1.54) is 0 Å². The third-order valence-corrected chi connectivity index (χ3v) is 7.98. The molecule has 32 heavy (non-hydrogen) atoms. The van der Waals surface area contributed by atoms with E-state index in [0.717, 1.165) is 48.6 Å². The number of hydrogen-bond acceptors (Lipinski definition) is 4.